The molecular weight excluding hydrogens is 214 g/mol. The molecule has 0 bridgehead atoms. The summed E-state index contributed by atoms with van der Waals surface area (Å²) in [6.45, 7) is 6.99. The number of aryl methyl sites for hydroxylation is 2. The highest BCUT2D eigenvalue weighted by Gasteiger charge is 2.14. The first-order valence-electron chi connectivity index (χ1n) is 6.20. The number of aromatic nitrogens is 2. The molecule has 0 aliphatic rings. The van der Waals surface area contributed by atoms with Crippen molar-refractivity contribution in [2.45, 2.75) is 45.3 Å². The summed E-state index contributed by atoms with van der Waals surface area (Å²) >= 11 is 0. The molecular formula is C13H25N3O. The van der Waals surface area contributed by atoms with Crippen LogP contribution >= 0.6 is 0 Å². The highest BCUT2D eigenvalue weighted by molar-refractivity contribution is 4.92. The van der Waals surface area contributed by atoms with E-state index in [1.165, 1.54) is 0 Å². The lowest BCUT2D eigenvalue weighted by Gasteiger charge is -2.24. The van der Waals surface area contributed by atoms with E-state index in [9.17, 15) is 0 Å². The molecule has 1 atom stereocenters. The predicted octanol–water partition coefficient (Wildman–Crippen LogP) is 1.76. The molecule has 0 radical (unpaired) electrons. The van der Waals surface area contributed by atoms with Gasteiger partial charge in [0.1, 0.15) is 5.82 Å². The van der Waals surface area contributed by atoms with E-state index in [1.54, 1.807) is 0 Å². The molecule has 1 N–H and O–H groups in total. The fourth-order valence-electron chi connectivity index (χ4n) is 1.60. The molecule has 0 saturated carbocycles. The number of ether oxygens (including phenoxy) is 1. The summed E-state index contributed by atoms with van der Waals surface area (Å²) < 4.78 is 7.86. The van der Waals surface area contributed by atoms with Crippen LogP contribution in [0.4, 0.5) is 0 Å². The van der Waals surface area contributed by atoms with Crippen LogP contribution in [-0.4, -0.2) is 34.8 Å². The second kappa shape index (κ2) is 6.17. The molecule has 17 heavy (non-hydrogen) atoms. The summed E-state index contributed by atoms with van der Waals surface area (Å²) in [4.78, 5) is 4.33. The predicted molar refractivity (Wildman–Crippen MR) is 70.1 cm³/mol. The molecule has 0 fully saturated rings. The van der Waals surface area contributed by atoms with Gasteiger partial charge in [-0.25, -0.2) is 4.98 Å². The van der Waals surface area contributed by atoms with E-state index >= 15 is 0 Å². The van der Waals surface area contributed by atoms with Crippen LogP contribution in [-0.2, 0) is 18.2 Å². The molecule has 4 heteroatoms. The third-order valence-corrected chi connectivity index (χ3v) is 2.76. The van der Waals surface area contributed by atoms with Gasteiger partial charge in [0.25, 0.3) is 0 Å². The van der Waals surface area contributed by atoms with Gasteiger partial charge >= 0.3 is 0 Å². The van der Waals surface area contributed by atoms with Crippen molar-refractivity contribution in [2.24, 2.45) is 7.05 Å². The standard InChI is InChI=1S/C13H25N3O/c1-13(2,3)17-10-11(14-4)6-7-12-15-8-9-16(12)5/h8-9,11,14H,6-7,10H2,1-5H3. The third kappa shape index (κ3) is 5.33. The van der Waals surface area contributed by atoms with Crippen LogP contribution in [0, 0.1) is 0 Å². The van der Waals surface area contributed by atoms with Crippen molar-refractivity contribution in [3.05, 3.63) is 18.2 Å². The lowest BCUT2D eigenvalue weighted by molar-refractivity contribution is -0.0145. The molecule has 1 heterocycles. The molecule has 0 aliphatic heterocycles. The van der Waals surface area contributed by atoms with Gasteiger partial charge < -0.3 is 14.6 Å². The van der Waals surface area contributed by atoms with Crippen molar-refractivity contribution in [1.82, 2.24) is 14.9 Å². The van der Waals surface area contributed by atoms with Gasteiger partial charge in [-0.2, -0.15) is 0 Å². The van der Waals surface area contributed by atoms with Gasteiger partial charge in [0.2, 0.25) is 0 Å². The maximum atomic E-state index is 5.79. The first-order chi connectivity index (χ1) is 7.92. The van der Waals surface area contributed by atoms with E-state index < -0.39 is 0 Å². The molecule has 0 saturated heterocycles. The van der Waals surface area contributed by atoms with Crippen molar-refractivity contribution >= 4 is 0 Å². The molecule has 0 amide bonds. The molecule has 1 aromatic heterocycles. The monoisotopic (exact) mass is 239 g/mol. The Morgan fingerprint density at radius 1 is 1.47 bits per heavy atom. The fraction of sp³-hybridized carbons (Fsp3) is 0.769. The van der Waals surface area contributed by atoms with E-state index in [4.69, 9.17) is 4.74 Å². The lowest BCUT2D eigenvalue weighted by atomic mass is 10.1. The zero-order chi connectivity index (χ0) is 12.9. The van der Waals surface area contributed by atoms with E-state index in [-0.39, 0.29) is 5.60 Å². The Morgan fingerprint density at radius 2 is 2.18 bits per heavy atom. The van der Waals surface area contributed by atoms with Crippen LogP contribution in [0.2, 0.25) is 0 Å². The Balaban J connectivity index is 2.35. The Labute approximate surface area is 104 Å². The van der Waals surface area contributed by atoms with E-state index in [0.29, 0.717) is 6.04 Å². The number of nitrogens with zero attached hydrogens (tertiary/aromatic N) is 2. The number of likely N-dealkylation sites (N-methyl/N-ethyl adjacent to an activating group) is 1. The Morgan fingerprint density at radius 3 is 2.65 bits per heavy atom. The number of hydrogen-bond acceptors (Lipinski definition) is 3. The van der Waals surface area contributed by atoms with Crippen LogP contribution in [0.3, 0.4) is 0 Å². The Hall–Kier alpha value is -0.870. The van der Waals surface area contributed by atoms with Crippen molar-refractivity contribution in [3.63, 3.8) is 0 Å². The minimum absolute atomic E-state index is 0.0711. The highest BCUT2D eigenvalue weighted by Crippen LogP contribution is 2.09. The summed E-state index contributed by atoms with van der Waals surface area (Å²) in [5, 5.41) is 3.29. The number of nitrogens with one attached hydrogen (secondary N) is 1. The summed E-state index contributed by atoms with van der Waals surface area (Å²) in [6, 6.07) is 0.380. The van der Waals surface area contributed by atoms with Gasteiger partial charge in [-0.3, -0.25) is 0 Å². The fourth-order valence-corrected chi connectivity index (χ4v) is 1.60. The second-order valence-electron chi connectivity index (χ2n) is 5.40. The Kier molecular flexibility index (Phi) is 5.15. The first-order valence-corrected chi connectivity index (χ1v) is 6.20. The van der Waals surface area contributed by atoms with Gasteiger partial charge in [0, 0.05) is 31.9 Å². The average Bonchev–Trinajstić information content (AvgIpc) is 2.63. The van der Waals surface area contributed by atoms with Crippen LogP contribution in [0.1, 0.15) is 33.0 Å². The zero-order valence-corrected chi connectivity index (χ0v) is 11.7. The first kappa shape index (κ1) is 14.2. The summed E-state index contributed by atoms with van der Waals surface area (Å²) in [5.74, 6) is 1.13. The van der Waals surface area contributed by atoms with Crippen LogP contribution in [0.25, 0.3) is 0 Å². The van der Waals surface area contributed by atoms with Crippen LogP contribution in [0.15, 0.2) is 12.4 Å². The van der Waals surface area contributed by atoms with Crippen molar-refractivity contribution < 1.29 is 4.74 Å². The van der Waals surface area contributed by atoms with E-state index in [2.05, 4.69) is 35.6 Å². The molecule has 98 valence electrons. The minimum Gasteiger partial charge on any atom is -0.374 e. The SMILES string of the molecule is CNC(CCc1nccn1C)COC(C)(C)C. The van der Waals surface area contributed by atoms with Crippen molar-refractivity contribution in [2.75, 3.05) is 13.7 Å². The normalized spacial score (nSPS) is 13.9. The van der Waals surface area contributed by atoms with Crippen molar-refractivity contribution in [3.8, 4) is 0 Å². The molecule has 1 aromatic rings. The number of hydrogen-bond donors (Lipinski definition) is 1. The maximum Gasteiger partial charge on any atom is 0.108 e. The maximum absolute atomic E-state index is 5.79. The van der Waals surface area contributed by atoms with Crippen LogP contribution in [0.5, 0.6) is 0 Å². The largest absolute Gasteiger partial charge is 0.374 e. The zero-order valence-electron chi connectivity index (χ0n) is 11.7. The van der Waals surface area contributed by atoms with E-state index in [0.717, 1.165) is 25.3 Å². The minimum atomic E-state index is -0.0711. The molecule has 1 unspecified atom stereocenters. The Bertz CT molecular complexity index is 328. The third-order valence-electron chi connectivity index (χ3n) is 2.76. The van der Waals surface area contributed by atoms with Crippen LogP contribution < -0.4 is 5.32 Å². The van der Waals surface area contributed by atoms with Gasteiger partial charge in [0.15, 0.2) is 0 Å². The van der Waals surface area contributed by atoms with Gasteiger partial charge in [-0.15, -0.1) is 0 Å². The molecule has 0 aromatic carbocycles. The lowest BCUT2D eigenvalue weighted by Crippen LogP contribution is -2.35. The van der Waals surface area contributed by atoms with Gasteiger partial charge in [-0.1, -0.05) is 0 Å². The molecule has 0 spiro atoms. The highest BCUT2D eigenvalue weighted by atomic mass is 16.5. The summed E-state index contributed by atoms with van der Waals surface area (Å²) in [5.41, 5.74) is -0.0711. The smallest absolute Gasteiger partial charge is 0.108 e. The molecule has 4 nitrogen and oxygen atoms in total. The van der Waals surface area contributed by atoms with Gasteiger partial charge in [0.05, 0.1) is 12.2 Å². The van der Waals surface area contributed by atoms with E-state index in [1.807, 2.05) is 26.5 Å². The summed E-state index contributed by atoms with van der Waals surface area (Å²) in [6.07, 6.45) is 5.84. The van der Waals surface area contributed by atoms with Gasteiger partial charge in [-0.05, 0) is 34.2 Å². The molecule has 0 aliphatic carbocycles. The second-order valence-corrected chi connectivity index (χ2v) is 5.40. The number of imidazole rings is 1. The quantitative estimate of drug-likeness (QED) is 0.822. The molecule has 1 rings (SSSR count). The van der Waals surface area contributed by atoms with Crippen molar-refractivity contribution in [1.29, 1.82) is 0 Å². The summed E-state index contributed by atoms with van der Waals surface area (Å²) in [7, 11) is 4.01. The average molecular weight is 239 g/mol. The number of rotatable bonds is 6. The topological polar surface area (TPSA) is 39.1 Å².